The molecule has 1 saturated carbocycles. The molecular weight excluding hydrogens is 514 g/mol. The summed E-state index contributed by atoms with van der Waals surface area (Å²) in [5.41, 5.74) is -1.30. The van der Waals surface area contributed by atoms with Crippen molar-refractivity contribution in [3.8, 4) is 11.6 Å². The van der Waals surface area contributed by atoms with Gasteiger partial charge in [-0.3, -0.25) is 4.79 Å². The van der Waals surface area contributed by atoms with E-state index in [1.54, 1.807) is 13.0 Å². The molecule has 1 aliphatic rings. The molecule has 0 atom stereocenters. The molecule has 0 radical (unpaired) electrons. The second kappa shape index (κ2) is 9.40. The van der Waals surface area contributed by atoms with Crippen LogP contribution in [-0.2, 0) is 16.0 Å². The van der Waals surface area contributed by atoms with Gasteiger partial charge in [0.1, 0.15) is 17.1 Å². The summed E-state index contributed by atoms with van der Waals surface area (Å²) < 4.78 is 85.2. The molecule has 0 spiro atoms. The molecule has 1 amide bonds. The number of aryl methyl sites for hydroxylation is 1. The van der Waals surface area contributed by atoms with Crippen molar-refractivity contribution in [2.45, 2.75) is 50.6 Å². The Hall–Kier alpha value is -3.54. The molecule has 1 heterocycles. The topological polar surface area (TPSA) is 98.2 Å². The zero-order valence-corrected chi connectivity index (χ0v) is 21.1. The number of anilines is 1. The quantitative estimate of drug-likeness (QED) is 0.394. The average molecular weight is 538 g/mol. The van der Waals surface area contributed by atoms with E-state index in [0.717, 1.165) is 26.0 Å². The molecule has 0 bridgehead atoms. The number of hydrogen-bond acceptors (Lipinski definition) is 6. The van der Waals surface area contributed by atoms with Crippen LogP contribution in [0.4, 0.5) is 23.2 Å². The van der Waals surface area contributed by atoms with Crippen molar-refractivity contribution < 1.29 is 35.5 Å². The van der Waals surface area contributed by atoms with Gasteiger partial charge in [-0.1, -0.05) is 6.07 Å². The Labute approximate surface area is 210 Å². The van der Waals surface area contributed by atoms with Crippen LogP contribution in [0.25, 0.3) is 0 Å². The maximum atomic E-state index is 15.0. The van der Waals surface area contributed by atoms with Gasteiger partial charge in [-0.05, 0) is 80.5 Å². The van der Waals surface area contributed by atoms with Crippen LogP contribution in [0.2, 0.25) is 0 Å². The van der Waals surface area contributed by atoms with Gasteiger partial charge in [-0.15, -0.1) is 10.2 Å². The SMILES string of the molecule is Cc1cc(C2CC2)c(F)c(C)c1Oc1nnc(C(F)(F)F)c(C)c1C(=O)Nc1cccc(S(C)(=O)=O)c1. The first-order chi connectivity index (χ1) is 17.2. The highest BCUT2D eigenvalue weighted by Crippen LogP contribution is 2.45. The predicted molar refractivity (Wildman–Crippen MR) is 127 cm³/mol. The van der Waals surface area contributed by atoms with Crippen LogP contribution in [0.1, 0.15) is 57.1 Å². The molecule has 0 aliphatic heterocycles. The number of ether oxygens (including phenoxy) is 1. The predicted octanol–water partition coefficient (Wildman–Crippen LogP) is 5.89. The number of carbonyl (C=O) groups excluding carboxylic acids is 1. The van der Waals surface area contributed by atoms with Crippen molar-refractivity contribution in [2.75, 3.05) is 11.6 Å². The van der Waals surface area contributed by atoms with Crippen molar-refractivity contribution in [3.63, 3.8) is 0 Å². The van der Waals surface area contributed by atoms with Crippen molar-refractivity contribution >= 4 is 21.4 Å². The second-order valence-corrected chi connectivity index (χ2v) is 11.0. The molecule has 1 aromatic heterocycles. The monoisotopic (exact) mass is 537 g/mol. The summed E-state index contributed by atoms with van der Waals surface area (Å²) in [7, 11) is -3.61. The van der Waals surface area contributed by atoms with Crippen LogP contribution < -0.4 is 10.1 Å². The maximum absolute atomic E-state index is 15.0. The normalized spacial score (nSPS) is 13.9. The molecular formula is C25H23F4N3O4S. The molecule has 12 heteroatoms. The fourth-order valence-corrected chi connectivity index (χ4v) is 4.69. The molecule has 1 aliphatic carbocycles. The van der Waals surface area contributed by atoms with E-state index in [0.29, 0.717) is 11.1 Å². The zero-order chi connectivity index (χ0) is 27.3. The minimum Gasteiger partial charge on any atom is -0.436 e. The number of halogens is 4. The number of benzene rings is 2. The fourth-order valence-electron chi connectivity index (χ4n) is 4.02. The molecule has 196 valence electrons. The summed E-state index contributed by atoms with van der Waals surface area (Å²) in [5, 5.41) is 9.15. The first-order valence-corrected chi connectivity index (χ1v) is 13.1. The van der Waals surface area contributed by atoms with Gasteiger partial charge in [-0.25, -0.2) is 12.8 Å². The number of hydrogen-bond donors (Lipinski definition) is 1. The van der Waals surface area contributed by atoms with Gasteiger partial charge >= 0.3 is 6.18 Å². The molecule has 0 saturated heterocycles. The van der Waals surface area contributed by atoms with E-state index in [-0.39, 0.29) is 27.8 Å². The van der Waals surface area contributed by atoms with Crippen LogP contribution in [0.15, 0.2) is 35.2 Å². The van der Waals surface area contributed by atoms with Crippen molar-refractivity contribution in [1.82, 2.24) is 10.2 Å². The molecule has 7 nitrogen and oxygen atoms in total. The maximum Gasteiger partial charge on any atom is 0.435 e. The van der Waals surface area contributed by atoms with E-state index in [2.05, 4.69) is 15.5 Å². The number of aromatic nitrogens is 2. The highest BCUT2D eigenvalue weighted by atomic mass is 32.2. The smallest absolute Gasteiger partial charge is 0.435 e. The number of rotatable bonds is 6. The van der Waals surface area contributed by atoms with E-state index < -0.39 is 50.4 Å². The molecule has 1 N–H and O–H groups in total. The lowest BCUT2D eigenvalue weighted by Gasteiger charge is -2.18. The standard InChI is InChI=1S/C25H23F4N3O4S/c1-12-10-18(15-8-9-15)20(26)14(3)21(12)36-24-19(13(2)22(31-32-24)25(27,28)29)23(33)30-16-6-5-7-17(11-16)37(4,34)35/h5-7,10-11,15H,8-9H2,1-4H3,(H,30,33). The average Bonchev–Trinajstić information content (AvgIpc) is 3.63. The van der Waals surface area contributed by atoms with E-state index in [4.69, 9.17) is 4.74 Å². The van der Waals surface area contributed by atoms with E-state index in [1.807, 2.05) is 0 Å². The highest BCUT2D eigenvalue weighted by molar-refractivity contribution is 7.90. The number of amides is 1. The number of carbonyl (C=O) groups is 1. The summed E-state index contributed by atoms with van der Waals surface area (Å²) in [6.45, 7) is 4.18. The van der Waals surface area contributed by atoms with Gasteiger partial charge in [0, 0.05) is 17.5 Å². The Bertz CT molecular complexity index is 1520. The van der Waals surface area contributed by atoms with Crippen LogP contribution in [0.5, 0.6) is 11.6 Å². The summed E-state index contributed by atoms with van der Waals surface area (Å²) in [6.07, 6.45) is -2.20. The minimum absolute atomic E-state index is 0.0171. The van der Waals surface area contributed by atoms with Crippen LogP contribution in [-0.4, -0.2) is 30.8 Å². The zero-order valence-electron chi connectivity index (χ0n) is 20.3. The Morgan fingerprint density at radius 3 is 2.35 bits per heavy atom. The largest absolute Gasteiger partial charge is 0.436 e. The van der Waals surface area contributed by atoms with Gasteiger partial charge in [0.2, 0.25) is 0 Å². The van der Waals surface area contributed by atoms with Crippen molar-refractivity contribution in [1.29, 1.82) is 0 Å². The Kier molecular flexibility index (Phi) is 6.74. The molecule has 0 unspecified atom stereocenters. The molecule has 4 rings (SSSR count). The summed E-state index contributed by atoms with van der Waals surface area (Å²) >= 11 is 0. The number of nitrogens with one attached hydrogen (secondary N) is 1. The third-order valence-electron chi connectivity index (χ3n) is 6.07. The van der Waals surface area contributed by atoms with Gasteiger partial charge in [0.15, 0.2) is 15.5 Å². The van der Waals surface area contributed by atoms with E-state index in [1.165, 1.54) is 31.2 Å². The number of sulfone groups is 1. The second-order valence-electron chi connectivity index (χ2n) is 9.03. The first kappa shape index (κ1) is 26.5. The van der Waals surface area contributed by atoms with Crippen molar-refractivity contribution in [3.05, 3.63) is 69.7 Å². The lowest BCUT2D eigenvalue weighted by Crippen LogP contribution is -2.21. The van der Waals surface area contributed by atoms with Crippen LogP contribution in [0.3, 0.4) is 0 Å². The summed E-state index contributed by atoms with van der Waals surface area (Å²) in [6, 6.07) is 6.85. The van der Waals surface area contributed by atoms with Gasteiger partial charge in [0.25, 0.3) is 11.8 Å². The Balaban J connectivity index is 1.79. The Morgan fingerprint density at radius 1 is 1.08 bits per heavy atom. The first-order valence-electron chi connectivity index (χ1n) is 11.2. The summed E-state index contributed by atoms with van der Waals surface area (Å²) in [4.78, 5) is 13.1. The van der Waals surface area contributed by atoms with Crippen molar-refractivity contribution in [2.24, 2.45) is 0 Å². The molecule has 1 fully saturated rings. The third-order valence-corrected chi connectivity index (χ3v) is 7.18. The number of alkyl halides is 3. The lowest BCUT2D eigenvalue weighted by atomic mass is 10.0. The van der Waals surface area contributed by atoms with Crippen LogP contribution in [0, 0.1) is 26.6 Å². The van der Waals surface area contributed by atoms with E-state index >= 15 is 4.39 Å². The van der Waals surface area contributed by atoms with Gasteiger partial charge in [-0.2, -0.15) is 13.2 Å². The Morgan fingerprint density at radius 2 is 1.76 bits per heavy atom. The molecule has 37 heavy (non-hydrogen) atoms. The van der Waals surface area contributed by atoms with Gasteiger partial charge < -0.3 is 10.1 Å². The molecule has 2 aromatic carbocycles. The highest BCUT2D eigenvalue weighted by Gasteiger charge is 2.38. The summed E-state index contributed by atoms with van der Waals surface area (Å²) in [5.74, 6) is -1.94. The third kappa shape index (κ3) is 5.43. The fraction of sp³-hybridized carbons (Fsp3) is 0.320. The van der Waals surface area contributed by atoms with E-state index in [9.17, 15) is 26.4 Å². The van der Waals surface area contributed by atoms with Crippen LogP contribution >= 0.6 is 0 Å². The lowest BCUT2D eigenvalue weighted by molar-refractivity contribution is -0.142. The molecule has 3 aromatic rings. The minimum atomic E-state index is -4.91. The number of nitrogens with zero attached hydrogens (tertiary/aromatic N) is 2. The van der Waals surface area contributed by atoms with Gasteiger partial charge in [0.05, 0.1) is 4.90 Å².